The van der Waals surface area contributed by atoms with E-state index in [1.54, 1.807) is 12.1 Å². The van der Waals surface area contributed by atoms with Crippen molar-refractivity contribution >= 4 is 23.4 Å². The Morgan fingerprint density at radius 3 is 2.94 bits per heavy atom. The van der Waals surface area contributed by atoms with Crippen LogP contribution >= 0.6 is 11.8 Å². The molecule has 1 aromatic heterocycles. The van der Waals surface area contributed by atoms with Crippen LogP contribution in [0.1, 0.15) is 24.2 Å². The number of carbonyl (C=O) groups excluding carboxylic acids is 1. The van der Waals surface area contributed by atoms with Crippen LogP contribution in [0, 0.1) is 12.7 Å². The average molecular weight is 457 g/mol. The summed E-state index contributed by atoms with van der Waals surface area (Å²) < 4.78 is 27.1. The minimum Gasteiger partial charge on any atom is -0.485 e. The number of amides is 1. The normalized spacial score (nSPS) is 15.6. The van der Waals surface area contributed by atoms with Crippen molar-refractivity contribution in [3.8, 4) is 5.75 Å². The van der Waals surface area contributed by atoms with E-state index in [2.05, 4.69) is 15.5 Å². The first-order valence-corrected chi connectivity index (χ1v) is 11.5. The number of hydrogen-bond acceptors (Lipinski definition) is 6. The summed E-state index contributed by atoms with van der Waals surface area (Å²) >= 11 is 1.28. The Balaban J connectivity index is 1.43. The lowest BCUT2D eigenvalue weighted by molar-refractivity contribution is -0.113. The Bertz CT molecular complexity index is 1070. The third-order valence-electron chi connectivity index (χ3n) is 5.09. The SMILES string of the molecule is Cc1ccccc1OCc1nnc(SCC(=O)Nc2cccc(F)c2)n1CC1CCCO1. The number of aromatic nitrogens is 3. The number of aryl methyl sites for hydroxylation is 1. The number of ether oxygens (including phenoxy) is 2. The van der Waals surface area contributed by atoms with E-state index in [0.29, 0.717) is 23.2 Å². The molecule has 32 heavy (non-hydrogen) atoms. The van der Waals surface area contributed by atoms with Crippen molar-refractivity contribution in [1.29, 1.82) is 0 Å². The van der Waals surface area contributed by atoms with Crippen LogP contribution in [0.25, 0.3) is 0 Å². The fraction of sp³-hybridized carbons (Fsp3) is 0.348. The van der Waals surface area contributed by atoms with Gasteiger partial charge in [0.2, 0.25) is 5.91 Å². The summed E-state index contributed by atoms with van der Waals surface area (Å²) in [5.41, 5.74) is 1.46. The summed E-state index contributed by atoms with van der Waals surface area (Å²) in [5, 5.41) is 11.9. The maximum Gasteiger partial charge on any atom is 0.234 e. The maximum atomic E-state index is 13.3. The monoisotopic (exact) mass is 456 g/mol. The van der Waals surface area contributed by atoms with E-state index in [1.807, 2.05) is 35.8 Å². The van der Waals surface area contributed by atoms with Gasteiger partial charge in [-0.1, -0.05) is 36.0 Å². The maximum absolute atomic E-state index is 13.3. The average Bonchev–Trinajstić information content (AvgIpc) is 3.42. The molecule has 1 atom stereocenters. The molecule has 1 saturated heterocycles. The van der Waals surface area contributed by atoms with E-state index in [1.165, 1.54) is 23.9 Å². The van der Waals surface area contributed by atoms with Gasteiger partial charge in [0.15, 0.2) is 11.0 Å². The number of benzene rings is 2. The number of nitrogens with zero attached hydrogens (tertiary/aromatic N) is 3. The molecule has 4 rings (SSSR count). The van der Waals surface area contributed by atoms with Crippen LogP contribution in [0.4, 0.5) is 10.1 Å². The third kappa shape index (κ3) is 5.86. The second kappa shape index (κ2) is 10.6. The first-order valence-electron chi connectivity index (χ1n) is 10.5. The zero-order valence-electron chi connectivity index (χ0n) is 17.8. The van der Waals surface area contributed by atoms with Crippen LogP contribution in [-0.2, 0) is 22.7 Å². The summed E-state index contributed by atoms with van der Waals surface area (Å²) in [6.45, 7) is 3.61. The van der Waals surface area contributed by atoms with Crippen molar-refractivity contribution in [2.75, 3.05) is 17.7 Å². The fourth-order valence-electron chi connectivity index (χ4n) is 3.46. The number of thioether (sulfide) groups is 1. The molecule has 1 fully saturated rings. The van der Waals surface area contributed by atoms with Gasteiger partial charge in [-0.2, -0.15) is 0 Å². The molecule has 1 N–H and O–H groups in total. The molecule has 3 aromatic rings. The van der Waals surface area contributed by atoms with Gasteiger partial charge in [-0.3, -0.25) is 4.79 Å². The molecule has 1 aliphatic rings. The lowest BCUT2D eigenvalue weighted by Crippen LogP contribution is -2.19. The van der Waals surface area contributed by atoms with Gasteiger partial charge < -0.3 is 19.4 Å². The van der Waals surface area contributed by atoms with E-state index in [-0.39, 0.29) is 24.4 Å². The predicted molar refractivity (Wildman–Crippen MR) is 120 cm³/mol. The van der Waals surface area contributed by atoms with Crippen molar-refractivity contribution in [2.45, 2.75) is 44.2 Å². The Morgan fingerprint density at radius 1 is 1.28 bits per heavy atom. The summed E-state index contributed by atoms with van der Waals surface area (Å²) in [5.74, 6) is 0.952. The highest BCUT2D eigenvalue weighted by atomic mass is 32.2. The van der Waals surface area contributed by atoms with Crippen LogP contribution in [-0.4, -0.2) is 39.1 Å². The summed E-state index contributed by atoms with van der Waals surface area (Å²) in [6.07, 6.45) is 2.09. The first kappa shape index (κ1) is 22.3. The number of anilines is 1. The standard InChI is InChI=1S/C23H25FN4O3S/c1-16-6-2-3-10-20(16)31-14-21-26-27-23(28(21)13-19-9-5-11-30-19)32-15-22(29)25-18-8-4-7-17(24)12-18/h2-4,6-8,10,12,19H,5,9,11,13-15H2,1H3,(H,25,29). The molecule has 7 nitrogen and oxygen atoms in total. The van der Waals surface area contributed by atoms with E-state index in [0.717, 1.165) is 30.8 Å². The number of hydrogen-bond donors (Lipinski definition) is 1. The zero-order chi connectivity index (χ0) is 22.3. The van der Waals surface area contributed by atoms with Gasteiger partial charge >= 0.3 is 0 Å². The van der Waals surface area contributed by atoms with Crippen molar-refractivity contribution in [2.24, 2.45) is 0 Å². The molecule has 0 bridgehead atoms. The molecule has 2 heterocycles. The van der Waals surface area contributed by atoms with Crippen LogP contribution in [0.3, 0.4) is 0 Å². The minimum absolute atomic E-state index is 0.0867. The van der Waals surface area contributed by atoms with Gasteiger partial charge in [0, 0.05) is 12.3 Å². The lowest BCUT2D eigenvalue weighted by Gasteiger charge is -2.15. The van der Waals surface area contributed by atoms with Gasteiger partial charge in [0.1, 0.15) is 18.2 Å². The molecule has 168 valence electrons. The van der Waals surface area contributed by atoms with E-state index < -0.39 is 5.82 Å². The van der Waals surface area contributed by atoms with Gasteiger partial charge in [-0.15, -0.1) is 10.2 Å². The highest BCUT2D eigenvalue weighted by Gasteiger charge is 2.22. The number of halogens is 1. The molecular formula is C23H25FN4O3S. The molecule has 0 radical (unpaired) electrons. The Morgan fingerprint density at radius 2 is 2.16 bits per heavy atom. The van der Waals surface area contributed by atoms with Crippen LogP contribution < -0.4 is 10.1 Å². The number of nitrogens with one attached hydrogen (secondary N) is 1. The van der Waals surface area contributed by atoms with Crippen LogP contribution in [0.15, 0.2) is 53.7 Å². The topological polar surface area (TPSA) is 78.3 Å². The highest BCUT2D eigenvalue weighted by Crippen LogP contribution is 2.23. The number of rotatable bonds is 9. The van der Waals surface area contributed by atoms with E-state index in [4.69, 9.17) is 9.47 Å². The van der Waals surface area contributed by atoms with Crippen molar-refractivity contribution in [3.63, 3.8) is 0 Å². The molecule has 2 aromatic carbocycles. The minimum atomic E-state index is -0.398. The zero-order valence-corrected chi connectivity index (χ0v) is 18.6. The van der Waals surface area contributed by atoms with Gasteiger partial charge in [-0.25, -0.2) is 4.39 Å². The Hall–Kier alpha value is -2.91. The Labute approximate surface area is 190 Å². The van der Waals surface area contributed by atoms with E-state index in [9.17, 15) is 9.18 Å². The largest absolute Gasteiger partial charge is 0.485 e. The first-order chi connectivity index (χ1) is 15.6. The number of carbonyl (C=O) groups is 1. The predicted octanol–water partition coefficient (Wildman–Crippen LogP) is 4.21. The van der Waals surface area contributed by atoms with Crippen molar-refractivity contribution < 1.29 is 18.7 Å². The molecular weight excluding hydrogens is 431 g/mol. The molecule has 0 spiro atoms. The molecule has 0 aliphatic carbocycles. The molecule has 1 aliphatic heterocycles. The number of para-hydroxylation sites is 1. The fourth-order valence-corrected chi connectivity index (χ4v) is 4.23. The second-order valence-electron chi connectivity index (χ2n) is 7.55. The highest BCUT2D eigenvalue weighted by molar-refractivity contribution is 7.99. The van der Waals surface area contributed by atoms with Crippen molar-refractivity contribution in [1.82, 2.24) is 14.8 Å². The summed E-state index contributed by atoms with van der Waals surface area (Å²) in [4.78, 5) is 12.3. The third-order valence-corrected chi connectivity index (χ3v) is 6.06. The summed E-state index contributed by atoms with van der Waals surface area (Å²) in [7, 11) is 0. The van der Waals surface area contributed by atoms with Gasteiger partial charge in [-0.05, 0) is 49.6 Å². The van der Waals surface area contributed by atoms with Crippen molar-refractivity contribution in [3.05, 3.63) is 65.7 Å². The quantitative estimate of drug-likeness (QED) is 0.486. The smallest absolute Gasteiger partial charge is 0.234 e. The van der Waals surface area contributed by atoms with E-state index >= 15 is 0 Å². The molecule has 0 saturated carbocycles. The van der Waals surface area contributed by atoms with Crippen LogP contribution in [0.5, 0.6) is 5.75 Å². The Kier molecular flexibility index (Phi) is 7.39. The molecule has 1 amide bonds. The molecule has 9 heteroatoms. The van der Waals surface area contributed by atoms with Gasteiger partial charge in [0.25, 0.3) is 0 Å². The second-order valence-corrected chi connectivity index (χ2v) is 8.49. The molecule has 1 unspecified atom stereocenters. The lowest BCUT2D eigenvalue weighted by atomic mass is 10.2. The summed E-state index contributed by atoms with van der Waals surface area (Å²) in [6, 6.07) is 13.6. The van der Waals surface area contributed by atoms with Gasteiger partial charge in [0.05, 0.1) is 18.4 Å². The van der Waals surface area contributed by atoms with Crippen LogP contribution in [0.2, 0.25) is 0 Å².